The third-order valence-electron chi connectivity index (χ3n) is 2.32. The predicted molar refractivity (Wildman–Crippen MR) is 72.4 cm³/mol. The van der Waals surface area contributed by atoms with Crippen molar-refractivity contribution in [3.05, 3.63) is 59.7 Å². The smallest absolute Gasteiger partial charge is 0.193 e. The molecule has 0 amide bonds. The maximum Gasteiger partial charge on any atom is 0.193 e. The van der Waals surface area contributed by atoms with Gasteiger partial charge in [0.2, 0.25) is 0 Å². The van der Waals surface area contributed by atoms with Crippen molar-refractivity contribution < 1.29 is 4.79 Å². The van der Waals surface area contributed by atoms with Crippen LogP contribution in [0.25, 0.3) is 0 Å². The van der Waals surface area contributed by atoms with Crippen LogP contribution in [0.1, 0.15) is 15.9 Å². The number of anilines is 2. The fraction of sp³-hybridized carbons (Fsp3) is 0. The fourth-order valence-corrected chi connectivity index (χ4v) is 1.48. The number of rotatable bonds is 2. The number of nitrogens with two attached hydrogens (primary N) is 2. The molecule has 4 heteroatoms. The molecule has 2 aromatic carbocycles. The lowest BCUT2D eigenvalue weighted by atomic mass is 10.0. The number of carbonyl (C=O) groups excluding carboxylic acids is 1. The lowest BCUT2D eigenvalue weighted by Gasteiger charge is -2.02. The summed E-state index contributed by atoms with van der Waals surface area (Å²) in [7, 11) is 0. The van der Waals surface area contributed by atoms with Gasteiger partial charge < -0.3 is 11.5 Å². The molecule has 0 aromatic heterocycles. The van der Waals surface area contributed by atoms with E-state index in [1.807, 2.05) is 0 Å². The van der Waals surface area contributed by atoms with Crippen LogP contribution in [0.5, 0.6) is 0 Å². The fourth-order valence-electron chi connectivity index (χ4n) is 1.48. The summed E-state index contributed by atoms with van der Waals surface area (Å²) >= 11 is 0. The Bertz CT molecular complexity index is 523. The molecule has 0 fully saturated rings. The molecule has 0 aliphatic carbocycles. The summed E-state index contributed by atoms with van der Waals surface area (Å²) in [5, 5.41) is 0. The van der Waals surface area contributed by atoms with Crippen LogP contribution in [0.2, 0.25) is 0 Å². The largest absolute Gasteiger partial charge is 0.399 e. The lowest BCUT2D eigenvalue weighted by Crippen LogP contribution is -2.02. The molecule has 2 rings (SSSR count). The first-order valence-electron chi connectivity index (χ1n) is 4.92. The van der Waals surface area contributed by atoms with Crippen LogP contribution < -0.4 is 11.5 Å². The number of carbonyl (C=O) groups is 1. The number of nitrogen functional groups attached to an aromatic ring is 2. The van der Waals surface area contributed by atoms with Gasteiger partial charge in [-0.3, -0.25) is 4.79 Å². The van der Waals surface area contributed by atoms with Gasteiger partial charge in [0.15, 0.2) is 5.78 Å². The highest BCUT2D eigenvalue weighted by Gasteiger charge is 2.08. The summed E-state index contributed by atoms with van der Waals surface area (Å²) in [5.74, 6) is -0.0488. The Morgan fingerprint density at radius 1 is 0.824 bits per heavy atom. The first-order valence-corrected chi connectivity index (χ1v) is 4.92. The van der Waals surface area contributed by atoms with Crippen LogP contribution in [0.15, 0.2) is 48.5 Å². The Balaban J connectivity index is 0.00000144. The van der Waals surface area contributed by atoms with E-state index in [2.05, 4.69) is 0 Å². The molecule has 4 N–H and O–H groups in total. The minimum absolute atomic E-state index is 0. The van der Waals surface area contributed by atoms with Gasteiger partial charge in [-0.2, -0.15) is 0 Å². The summed E-state index contributed by atoms with van der Waals surface area (Å²) in [6, 6.07) is 13.8. The van der Waals surface area contributed by atoms with Crippen LogP contribution in [-0.4, -0.2) is 5.78 Å². The Hall–Kier alpha value is -2.00. The van der Waals surface area contributed by atoms with Crippen molar-refractivity contribution in [3.63, 3.8) is 0 Å². The number of benzene rings is 2. The monoisotopic (exact) mass is 248 g/mol. The van der Waals surface area contributed by atoms with E-state index in [0.717, 1.165) is 0 Å². The van der Waals surface area contributed by atoms with Crippen LogP contribution in [0, 0.1) is 0 Å². The molecule has 0 atom stereocenters. The Morgan fingerprint density at radius 3 is 2.06 bits per heavy atom. The average molecular weight is 249 g/mol. The summed E-state index contributed by atoms with van der Waals surface area (Å²) in [5.41, 5.74) is 13.6. The normalized spacial score (nSPS) is 9.41. The second-order valence-corrected chi connectivity index (χ2v) is 3.58. The van der Waals surface area contributed by atoms with Crippen molar-refractivity contribution in [1.82, 2.24) is 0 Å². The quantitative estimate of drug-likeness (QED) is 0.634. The lowest BCUT2D eigenvalue weighted by molar-refractivity contribution is 0.103. The van der Waals surface area contributed by atoms with Gasteiger partial charge in [0.05, 0.1) is 0 Å². The molecule has 0 radical (unpaired) electrons. The van der Waals surface area contributed by atoms with Crippen LogP contribution in [0.4, 0.5) is 11.4 Å². The van der Waals surface area contributed by atoms with Gasteiger partial charge in [0.25, 0.3) is 0 Å². The molecule has 0 aliphatic rings. The molecular weight excluding hydrogens is 236 g/mol. The number of ketones is 1. The van der Waals surface area contributed by atoms with E-state index in [4.69, 9.17) is 11.5 Å². The number of hydrogen-bond acceptors (Lipinski definition) is 3. The molecule has 2 aromatic rings. The topological polar surface area (TPSA) is 69.1 Å². The van der Waals surface area contributed by atoms with Crippen molar-refractivity contribution in [1.29, 1.82) is 0 Å². The van der Waals surface area contributed by atoms with Gasteiger partial charge in [0.1, 0.15) is 0 Å². The van der Waals surface area contributed by atoms with E-state index < -0.39 is 0 Å². The molecule has 0 saturated carbocycles. The van der Waals surface area contributed by atoms with Gasteiger partial charge >= 0.3 is 0 Å². The highest BCUT2D eigenvalue weighted by Crippen LogP contribution is 2.14. The molecule has 0 bridgehead atoms. The van der Waals surface area contributed by atoms with E-state index in [1.54, 1.807) is 48.5 Å². The van der Waals surface area contributed by atoms with Crippen molar-refractivity contribution in [3.8, 4) is 0 Å². The average Bonchev–Trinajstić information content (AvgIpc) is 2.29. The van der Waals surface area contributed by atoms with Crippen molar-refractivity contribution in [2.45, 2.75) is 0 Å². The molecular formula is C13H13ClN2O. The Morgan fingerprint density at radius 2 is 1.47 bits per heavy atom. The predicted octanol–water partition coefficient (Wildman–Crippen LogP) is 2.50. The van der Waals surface area contributed by atoms with Crippen LogP contribution in [-0.2, 0) is 0 Å². The standard InChI is InChI=1S/C13H12N2O.ClH/c14-11-6-4-9(5-7-11)13(16)10-2-1-3-12(15)8-10;/h1-8H,14-15H2;1H. The molecule has 0 heterocycles. The van der Waals surface area contributed by atoms with Crippen molar-refractivity contribution in [2.24, 2.45) is 0 Å². The zero-order valence-electron chi connectivity index (χ0n) is 9.09. The van der Waals surface area contributed by atoms with Crippen molar-refractivity contribution in [2.75, 3.05) is 11.5 Å². The van der Waals surface area contributed by atoms with Crippen molar-refractivity contribution >= 4 is 29.6 Å². The Labute approximate surface area is 106 Å². The van der Waals surface area contributed by atoms with Gasteiger partial charge in [-0.1, -0.05) is 12.1 Å². The minimum atomic E-state index is -0.0488. The van der Waals surface area contributed by atoms with E-state index in [-0.39, 0.29) is 18.2 Å². The number of hydrogen-bond donors (Lipinski definition) is 2. The third kappa shape index (κ3) is 2.98. The molecule has 0 spiro atoms. The molecule has 17 heavy (non-hydrogen) atoms. The maximum atomic E-state index is 12.0. The summed E-state index contributed by atoms with van der Waals surface area (Å²) in [6.45, 7) is 0. The van der Waals surface area contributed by atoms with Gasteiger partial charge in [-0.25, -0.2) is 0 Å². The van der Waals surface area contributed by atoms with E-state index in [9.17, 15) is 4.79 Å². The third-order valence-corrected chi connectivity index (χ3v) is 2.32. The molecule has 88 valence electrons. The first-order chi connectivity index (χ1) is 7.66. The summed E-state index contributed by atoms with van der Waals surface area (Å²) in [4.78, 5) is 12.0. The minimum Gasteiger partial charge on any atom is -0.399 e. The van der Waals surface area contributed by atoms with Crippen LogP contribution in [0.3, 0.4) is 0 Å². The van der Waals surface area contributed by atoms with E-state index >= 15 is 0 Å². The molecule has 0 unspecified atom stereocenters. The summed E-state index contributed by atoms with van der Waals surface area (Å²) < 4.78 is 0. The van der Waals surface area contributed by atoms with Gasteiger partial charge in [0, 0.05) is 22.5 Å². The Kier molecular flexibility index (Phi) is 4.12. The maximum absolute atomic E-state index is 12.0. The summed E-state index contributed by atoms with van der Waals surface area (Å²) in [6.07, 6.45) is 0. The zero-order valence-corrected chi connectivity index (χ0v) is 9.91. The van der Waals surface area contributed by atoms with Gasteiger partial charge in [-0.15, -0.1) is 12.4 Å². The highest BCUT2D eigenvalue weighted by atomic mass is 35.5. The highest BCUT2D eigenvalue weighted by molar-refractivity contribution is 6.09. The van der Waals surface area contributed by atoms with Crippen LogP contribution >= 0.6 is 12.4 Å². The molecule has 3 nitrogen and oxygen atoms in total. The number of halogens is 1. The SMILES string of the molecule is Cl.Nc1ccc(C(=O)c2cccc(N)c2)cc1. The van der Waals surface area contributed by atoms with E-state index in [0.29, 0.717) is 22.5 Å². The van der Waals surface area contributed by atoms with Gasteiger partial charge in [-0.05, 0) is 36.4 Å². The molecule has 0 aliphatic heterocycles. The second kappa shape index (κ2) is 5.37. The van der Waals surface area contributed by atoms with E-state index in [1.165, 1.54) is 0 Å². The first kappa shape index (κ1) is 13.1. The second-order valence-electron chi connectivity index (χ2n) is 3.58. The zero-order chi connectivity index (χ0) is 11.5. The molecule has 0 saturated heterocycles.